The van der Waals surface area contributed by atoms with Gasteiger partial charge in [-0.3, -0.25) is 14.7 Å². The lowest BCUT2D eigenvalue weighted by Crippen LogP contribution is -2.36. The number of amides is 1. The number of aryl methyl sites for hydroxylation is 2. The second-order valence-electron chi connectivity index (χ2n) is 12.2. The van der Waals surface area contributed by atoms with E-state index in [-0.39, 0.29) is 12.3 Å². The van der Waals surface area contributed by atoms with E-state index in [9.17, 15) is 9.59 Å². The molecular formula is C33H43N7O4. The quantitative estimate of drug-likeness (QED) is 0.267. The largest absolute Gasteiger partial charge is 0.456 e. The van der Waals surface area contributed by atoms with Crippen LogP contribution in [0.3, 0.4) is 0 Å². The zero-order chi connectivity index (χ0) is 30.3. The van der Waals surface area contributed by atoms with Gasteiger partial charge in [-0.25, -0.2) is 4.98 Å². The Kier molecular flexibility index (Phi) is 9.72. The number of carbonyl (C=O) groups is 2. The monoisotopic (exact) mass is 601 g/mol. The highest BCUT2D eigenvalue weighted by Crippen LogP contribution is 2.33. The lowest BCUT2D eigenvalue weighted by atomic mass is 9.92. The molecule has 2 aromatic heterocycles. The molecular weight excluding hydrogens is 558 g/mol. The van der Waals surface area contributed by atoms with E-state index >= 15 is 0 Å². The van der Waals surface area contributed by atoms with Gasteiger partial charge in [0.1, 0.15) is 5.82 Å². The minimum absolute atomic E-state index is 0.120. The van der Waals surface area contributed by atoms with Crippen LogP contribution in [0.25, 0.3) is 11.3 Å². The summed E-state index contributed by atoms with van der Waals surface area (Å²) in [5.41, 5.74) is 11.8. The Morgan fingerprint density at radius 3 is 2.84 bits per heavy atom. The summed E-state index contributed by atoms with van der Waals surface area (Å²) in [5, 5.41) is 10.7. The number of H-pyrrole nitrogens is 1. The molecule has 1 amide bonds. The molecule has 234 valence electrons. The van der Waals surface area contributed by atoms with Crippen LogP contribution in [0.1, 0.15) is 48.4 Å². The molecule has 3 aliphatic heterocycles. The summed E-state index contributed by atoms with van der Waals surface area (Å²) < 4.78 is 10.8. The molecule has 2 saturated heterocycles. The van der Waals surface area contributed by atoms with Crippen molar-refractivity contribution in [3.05, 3.63) is 59.4 Å². The van der Waals surface area contributed by atoms with E-state index in [1.165, 1.54) is 5.56 Å². The average molecular weight is 602 g/mol. The average Bonchev–Trinajstić information content (AvgIpc) is 3.76. The van der Waals surface area contributed by atoms with Gasteiger partial charge in [0.2, 0.25) is 0 Å². The third-order valence-electron chi connectivity index (χ3n) is 9.00. The number of nitrogens with one attached hydrogen (secondary N) is 2. The van der Waals surface area contributed by atoms with Gasteiger partial charge in [0.05, 0.1) is 25.3 Å². The molecule has 0 bridgehead atoms. The number of benzene rings is 1. The van der Waals surface area contributed by atoms with Gasteiger partial charge >= 0.3 is 5.97 Å². The Morgan fingerprint density at radius 2 is 2.02 bits per heavy atom. The molecule has 11 nitrogen and oxygen atoms in total. The highest BCUT2D eigenvalue weighted by molar-refractivity contribution is 5.79. The number of rotatable bonds is 12. The van der Waals surface area contributed by atoms with Crippen LogP contribution < -0.4 is 16.0 Å². The van der Waals surface area contributed by atoms with Gasteiger partial charge in [-0.1, -0.05) is 6.07 Å². The molecule has 3 aromatic rings. The first-order valence-electron chi connectivity index (χ1n) is 15.9. The number of aromatic nitrogens is 3. The third-order valence-corrected chi connectivity index (χ3v) is 9.00. The van der Waals surface area contributed by atoms with Gasteiger partial charge in [0.15, 0.2) is 6.61 Å². The molecule has 11 heteroatoms. The van der Waals surface area contributed by atoms with Crippen molar-refractivity contribution in [2.45, 2.75) is 44.4 Å². The van der Waals surface area contributed by atoms with Crippen LogP contribution >= 0.6 is 0 Å². The maximum atomic E-state index is 12.9. The molecule has 6 rings (SSSR count). The van der Waals surface area contributed by atoms with Gasteiger partial charge in [0, 0.05) is 61.8 Å². The molecule has 0 aliphatic carbocycles. The van der Waals surface area contributed by atoms with Crippen molar-refractivity contribution in [2.24, 2.45) is 11.7 Å². The first-order valence-corrected chi connectivity index (χ1v) is 15.9. The number of carbonyl (C=O) groups excluding carboxylic acids is 2. The number of nitrogens with zero attached hydrogens (tertiary/aromatic N) is 4. The van der Waals surface area contributed by atoms with Gasteiger partial charge in [-0.05, 0) is 86.0 Å². The lowest BCUT2D eigenvalue weighted by molar-refractivity contribution is -0.148. The van der Waals surface area contributed by atoms with E-state index in [0.29, 0.717) is 19.1 Å². The summed E-state index contributed by atoms with van der Waals surface area (Å²) in [4.78, 5) is 33.9. The fraction of sp³-hybridized carbons (Fsp3) is 0.515. The number of fused-ring (bicyclic) bond motifs is 1. The first kappa shape index (κ1) is 30.1. The summed E-state index contributed by atoms with van der Waals surface area (Å²) in [5.74, 6) is 0.434. The standard InChI is InChI=1S/C33H43N7O4/c34-31(41)22-44-32(42)19-27(25-16-26(30-7-10-36-38-30)18-29(17-25)40-12-14-43-15-13-40)21-39-11-8-23(20-39)3-5-28-6-4-24-2-1-9-35-33(24)37-28/h4,6-7,10,16-18,23,27H,1-3,5,8-9,11-15,19-22H2,(H2,34,41)(H,35,37)(H,36,38). The lowest BCUT2D eigenvalue weighted by Gasteiger charge is -2.31. The zero-order valence-electron chi connectivity index (χ0n) is 25.3. The molecule has 0 saturated carbocycles. The number of hydrogen-bond donors (Lipinski definition) is 3. The Balaban J connectivity index is 1.17. The Morgan fingerprint density at radius 1 is 1.14 bits per heavy atom. The number of morpholine rings is 1. The minimum Gasteiger partial charge on any atom is -0.456 e. The normalized spacial score (nSPS) is 19.3. The van der Waals surface area contributed by atoms with Crippen LogP contribution in [0, 0.1) is 5.92 Å². The molecule has 44 heavy (non-hydrogen) atoms. The summed E-state index contributed by atoms with van der Waals surface area (Å²) in [6.45, 7) is 6.24. The van der Waals surface area contributed by atoms with E-state index in [4.69, 9.17) is 20.2 Å². The summed E-state index contributed by atoms with van der Waals surface area (Å²) in [6, 6.07) is 12.9. The molecule has 2 unspecified atom stereocenters. The Bertz CT molecular complexity index is 1420. The van der Waals surface area contributed by atoms with Crippen molar-refractivity contribution in [1.82, 2.24) is 20.1 Å². The Hall–Kier alpha value is -3.96. The predicted molar refractivity (Wildman–Crippen MR) is 168 cm³/mol. The van der Waals surface area contributed by atoms with Crippen LogP contribution in [0.2, 0.25) is 0 Å². The molecule has 0 radical (unpaired) electrons. The maximum Gasteiger partial charge on any atom is 0.306 e. The maximum absolute atomic E-state index is 12.9. The zero-order valence-corrected chi connectivity index (χ0v) is 25.3. The van der Waals surface area contributed by atoms with E-state index in [0.717, 1.165) is 105 Å². The van der Waals surface area contributed by atoms with E-state index < -0.39 is 18.5 Å². The number of nitrogens with two attached hydrogens (primary N) is 1. The van der Waals surface area contributed by atoms with Crippen molar-refractivity contribution >= 4 is 23.4 Å². The van der Waals surface area contributed by atoms with Gasteiger partial charge in [0.25, 0.3) is 5.91 Å². The third kappa shape index (κ3) is 7.75. The van der Waals surface area contributed by atoms with Gasteiger partial charge in [-0.15, -0.1) is 0 Å². The summed E-state index contributed by atoms with van der Waals surface area (Å²) in [7, 11) is 0. The van der Waals surface area contributed by atoms with Gasteiger partial charge < -0.3 is 30.3 Å². The topological polar surface area (TPSA) is 139 Å². The van der Waals surface area contributed by atoms with Crippen molar-refractivity contribution < 1.29 is 19.1 Å². The van der Waals surface area contributed by atoms with E-state index in [1.807, 2.05) is 6.07 Å². The molecule has 2 fully saturated rings. The Labute approximate surface area is 258 Å². The van der Waals surface area contributed by atoms with Gasteiger partial charge in [-0.2, -0.15) is 5.10 Å². The summed E-state index contributed by atoms with van der Waals surface area (Å²) in [6.07, 6.45) is 7.34. The smallest absolute Gasteiger partial charge is 0.306 e. The van der Waals surface area contributed by atoms with E-state index in [1.54, 1.807) is 6.20 Å². The van der Waals surface area contributed by atoms with Crippen molar-refractivity contribution in [1.29, 1.82) is 0 Å². The molecule has 1 aromatic carbocycles. The van der Waals surface area contributed by atoms with Crippen LogP contribution in [0.15, 0.2) is 42.6 Å². The second-order valence-corrected chi connectivity index (χ2v) is 12.2. The molecule has 3 aliphatic rings. The molecule has 0 spiro atoms. The van der Waals surface area contributed by atoms with Crippen molar-refractivity contribution in [3.8, 4) is 11.3 Å². The summed E-state index contributed by atoms with van der Waals surface area (Å²) >= 11 is 0. The minimum atomic E-state index is -0.655. The predicted octanol–water partition coefficient (Wildman–Crippen LogP) is 3.12. The number of anilines is 2. The number of ether oxygens (including phenoxy) is 2. The van der Waals surface area contributed by atoms with Crippen molar-refractivity contribution in [3.63, 3.8) is 0 Å². The van der Waals surface area contributed by atoms with Crippen LogP contribution in [0.5, 0.6) is 0 Å². The fourth-order valence-corrected chi connectivity index (χ4v) is 6.63. The van der Waals surface area contributed by atoms with Crippen LogP contribution in [-0.2, 0) is 31.9 Å². The number of pyridine rings is 1. The van der Waals surface area contributed by atoms with E-state index in [2.05, 4.69) is 55.6 Å². The van der Waals surface area contributed by atoms with Crippen LogP contribution in [0.4, 0.5) is 11.5 Å². The number of esters is 1. The molecule has 5 heterocycles. The number of aromatic amines is 1. The number of primary amides is 1. The van der Waals surface area contributed by atoms with Crippen LogP contribution in [-0.4, -0.2) is 91.0 Å². The number of likely N-dealkylation sites (tertiary alicyclic amines) is 1. The second kappa shape index (κ2) is 14.2. The fourth-order valence-electron chi connectivity index (χ4n) is 6.63. The highest BCUT2D eigenvalue weighted by Gasteiger charge is 2.28. The molecule has 2 atom stereocenters. The number of hydrogen-bond acceptors (Lipinski definition) is 9. The first-order chi connectivity index (χ1) is 21.5. The SMILES string of the molecule is NC(=O)COC(=O)CC(CN1CCC(CCc2ccc3c(n2)NCCC3)C1)c1cc(-c2ccn[nH]2)cc(N2CCOCC2)c1. The van der Waals surface area contributed by atoms with Crippen molar-refractivity contribution in [2.75, 3.05) is 69.3 Å². The highest BCUT2D eigenvalue weighted by atomic mass is 16.5. The molecule has 4 N–H and O–H groups in total.